The predicted molar refractivity (Wildman–Crippen MR) is 68.4 cm³/mol. The van der Waals surface area contributed by atoms with Crippen LogP contribution < -0.4 is 11.3 Å². The maximum atomic E-state index is 5.54. The van der Waals surface area contributed by atoms with Gasteiger partial charge in [-0.15, -0.1) is 0 Å². The quantitative estimate of drug-likeness (QED) is 0.630. The van der Waals surface area contributed by atoms with Crippen molar-refractivity contribution in [1.29, 1.82) is 0 Å². The second-order valence-electron chi connectivity index (χ2n) is 4.64. The van der Waals surface area contributed by atoms with Gasteiger partial charge in [0.2, 0.25) is 0 Å². The number of nitrogen functional groups attached to an aromatic ring is 1. The zero-order valence-corrected chi connectivity index (χ0v) is 10.5. The summed E-state index contributed by atoms with van der Waals surface area (Å²) in [7, 11) is 0. The summed E-state index contributed by atoms with van der Waals surface area (Å²) >= 11 is 0. The Labute approximate surface area is 105 Å². The van der Waals surface area contributed by atoms with E-state index in [-0.39, 0.29) is 0 Å². The van der Waals surface area contributed by atoms with E-state index in [0.717, 1.165) is 35.9 Å². The third-order valence-corrected chi connectivity index (χ3v) is 3.27. The van der Waals surface area contributed by atoms with E-state index in [0.29, 0.717) is 11.7 Å². The van der Waals surface area contributed by atoms with E-state index in [9.17, 15) is 0 Å². The van der Waals surface area contributed by atoms with Gasteiger partial charge in [0.05, 0.1) is 0 Å². The van der Waals surface area contributed by atoms with E-state index in [1.165, 1.54) is 0 Å². The first kappa shape index (κ1) is 11.2. The van der Waals surface area contributed by atoms with Crippen LogP contribution in [-0.2, 0) is 0 Å². The molecule has 0 radical (unpaired) electrons. The summed E-state index contributed by atoms with van der Waals surface area (Å²) in [4.78, 5) is 13.4. The highest BCUT2D eigenvalue weighted by Crippen LogP contribution is 2.39. The minimum Gasteiger partial charge on any atom is -0.308 e. The van der Waals surface area contributed by atoms with Gasteiger partial charge in [-0.3, -0.25) is 4.57 Å². The highest BCUT2D eigenvalue weighted by atomic mass is 15.3. The molecule has 0 amide bonds. The van der Waals surface area contributed by atoms with Crippen LogP contribution in [0, 0.1) is 13.8 Å². The number of hydrogen-bond donors (Lipinski definition) is 2. The minimum absolute atomic E-state index is 0.486. The fourth-order valence-corrected chi connectivity index (χ4v) is 2.02. The summed E-state index contributed by atoms with van der Waals surface area (Å²) in [6, 6.07) is 0. The molecule has 18 heavy (non-hydrogen) atoms. The molecule has 0 saturated heterocycles. The van der Waals surface area contributed by atoms with Crippen LogP contribution in [0.5, 0.6) is 0 Å². The molecular formula is C12H16N6. The Hall–Kier alpha value is -1.95. The normalized spacial score (nSPS) is 14.8. The van der Waals surface area contributed by atoms with Crippen molar-refractivity contribution in [2.45, 2.75) is 32.6 Å². The molecule has 0 spiro atoms. The lowest BCUT2D eigenvalue weighted by Crippen LogP contribution is -2.15. The topological polar surface area (TPSA) is 81.6 Å². The van der Waals surface area contributed by atoms with Crippen LogP contribution in [0.2, 0.25) is 0 Å². The molecule has 2 heterocycles. The van der Waals surface area contributed by atoms with E-state index in [4.69, 9.17) is 5.84 Å². The first-order valence-corrected chi connectivity index (χ1v) is 6.06. The average Bonchev–Trinajstić information content (AvgIpc) is 3.13. The van der Waals surface area contributed by atoms with Gasteiger partial charge in [-0.2, -0.15) is 0 Å². The van der Waals surface area contributed by atoms with Crippen LogP contribution in [0.1, 0.15) is 36.0 Å². The van der Waals surface area contributed by atoms with Gasteiger partial charge < -0.3 is 5.43 Å². The summed E-state index contributed by atoms with van der Waals surface area (Å²) in [6.07, 6.45) is 6.00. The Bertz CT molecular complexity index is 584. The lowest BCUT2D eigenvalue weighted by molar-refractivity contribution is 0.848. The lowest BCUT2D eigenvalue weighted by Gasteiger charge is -2.13. The molecule has 6 nitrogen and oxygen atoms in total. The maximum Gasteiger partial charge on any atom is 0.148 e. The molecule has 1 aliphatic rings. The molecule has 0 bridgehead atoms. The molecule has 1 fully saturated rings. The maximum absolute atomic E-state index is 5.54. The van der Waals surface area contributed by atoms with Gasteiger partial charge in [0.25, 0.3) is 0 Å². The van der Waals surface area contributed by atoms with Crippen LogP contribution >= 0.6 is 0 Å². The second kappa shape index (κ2) is 4.06. The van der Waals surface area contributed by atoms with Gasteiger partial charge in [0.15, 0.2) is 0 Å². The van der Waals surface area contributed by atoms with Crippen LogP contribution in [0.3, 0.4) is 0 Å². The molecule has 3 rings (SSSR count). The number of hydrogen-bond acceptors (Lipinski definition) is 5. The standard InChI is InChI=1S/C12H16N6/c1-7-10(17-13)15-11(9-3-4-9)16-12(7)18-6-5-14-8(18)2/h5-6,9H,3-4,13H2,1-2H3,(H,15,16,17). The Kier molecular flexibility index (Phi) is 2.52. The van der Waals surface area contributed by atoms with Crippen LogP contribution in [0.25, 0.3) is 5.82 Å². The van der Waals surface area contributed by atoms with Crippen molar-refractivity contribution in [2.24, 2.45) is 5.84 Å². The van der Waals surface area contributed by atoms with Crippen molar-refractivity contribution in [3.05, 3.63) is 29.6 Å². The van der Waals surface area contributed by atoms with E-state index in [1.807, 2.05) is 24.6 Å². The summed E-state index contributed by atoms with van der Waals surface area (Å²) in [6.45, 7) is 3.91. The number of aromatic nitrogens is 4. The number of aryl methyl sites for hydroxylation is 1. The second-order valence-corrected chi connectivity index (χ2v) is 4.64. The van der Waals surface area contributed by atoms with Crippen LogP contribution in [0.15, 0.2) is 12.4 Å². The number of imidazole rings is 1. The third-order valence-electron chi connectivity index (χ3n) is 3.27. The molecule has 2 aromatic heterocycles. The van der Waals surface area contributed by atoms with Crippen molar-refractivity contribution < 1.29 is 0 Å². The monoisotopic (exact) mass is 244 g/mol. The van der Waals surface area contributed by atoms with E-state index >= 15 is 0 Å². The molecule has 0 unspecified atom stereocenters. The number of nitrogens with one attached hydrogen (secondary N) is 1. The largest absolute Gasteiger partial charge is 0.308 e. The lowest BCUT2D eigenvalue weighted by atomic mass is 10.2. The summed E-state index contributed by atoms with van der Waals surface area (Å²) in [5.74, 6) is 9.34. The molecule has 3 N–H and O–H groups in total. The number of hydrazine groups is 1. The smallest absolute Gasteiger partial charge is 0.148 e. The highest BCUT2D eigenvalue weighted by molar-refractivity contribution is 5.51. The zero-order chi connectivity index (χ0) is 12.7. The van der Waals surface area contributed by atoms with Crippen molar-refractivity contribution in [1.82, 2.24) is 19.5 Å². The summed E-state index contributed by atoms with van der Waals surface area (Å²) in [5.41, 5.74) is 3.59. The fraction of sp³-hybridized carbons (Fsp3) is 0.417. The predicted octanol–water partition coefficient (Wildman–Crippen LogP) is 1.44. The van der Waals surface area contributed by atoms with Gasteiger partial charge in [-0.1, -0.05) is 0 Å². The molecule has 94 valence electrons. The number of anilines is 1. The molecule has 6 heteroatoms. The van der Waals surface area contributed by atoms with Crippen LogP contribution in [-0.4, -0.2) is 19.5 Å². The Morgan fingerprint density at radius 1 is 1.33 bits per heavy atom. The van der Waals surface area contributed by atoms with Gasteiger partial charge in [-0.05, 0) is 26.7 Å². The molecular weight excluding hydrogens is 228 g/mol. The zero-order valence-electron chi connectivity index (χ0n) is 10.5. The number of nitrogens with two attached hydrogens (primary N) is 1. The average molecular weight is 244 g/mol. The first-order valence-electron chi connectivity index (χ1n) is 6.06. The van der Waals surface area contributed by atoms with Gasteiger partial charge in [0, 0.05) is 23.9 Å². The molecule has 0 aromatic carbocycles. The summed E-state index contributed by atoms with van der Waals surface area (Å²) in [5, 5.41) is 0. The number of rotatable bonds is 3. The van der Waals surface area contributed by atoms with Crippen LogP contribution in [0.4, 0.5) is 5.82 Å². The molecule has 0 atom stereocenters. The van der Waals surface area contributed by atoms with Gasteiger partial charge >= 0.3 is 0 Å². The van der Waals surface area contributed by atoms with Crippen molar-refractivity contribution in [2.75, 3.05) is 5.43 Å². The Morgan fingerprint density at radius 3 is 2.67 bits per heavy atom. The molecule has 2 aromatic rings. The van der Waals surface area contributed by atoms with E-state index in [1.54, 1.807) is 6.20 Å². The highest BCUT2D eigenvalue weighted by Gasteiger charge is 2.28. The van der Waals surface area contributed by atoms with Crippen molar-refractivity contribution in [3.63, 3.8) is 0 Å². The Balaban J connectivity index is 2.18. The summed E-state index contributed by atoms with van der Waals surface area (Å²) < 4.78 is 1.96. The number of nitrogens with zero attached hydrogens (tertiary/aromatic N) is 4. The molecule has 0 aliphatic heterocycles. The van der Waals surface area contributed by atoms with Gasteiger partial charge in [-0.25, -0.2) is 20.8 Å². The first-order chi connectivity index (χ1) is 8.70. The van der Waals surface area contributed by atoms with Crippen molar-refractivity contribution >= 4 is 5.82 Å². The van der Waals surface area contributed by atoms with E-state index in [2.05, 4.69) is 20.4 Å². The van der Waals surface area contributed by atoms with E-state index < -0.39 is 0 Å². The minimum atomic E-state index is 0.486. The van der Waals surface area contributed by atoms with Gasteiger partial charge in [0.1, 0.15) is 23.3 Å². The third kappa shape index (κ3) is 1.74. The molecule has 1 aliphatic carbocycles. The van der Waals surface area contributed by atoms with Crippen molar-refractivity contribution in [3.8, 4) is 5.82 Å². The molecule has 1 saturated carbocycles. The fourth-order valence-electron chi connectivity index (χ4n) is 2.02. The SMILES string of the molecule is Cc1c(NN)nc(C2CC2)nc1-n1ccnc1C. The Morgan fingerprint density at radius 2 is 2.11 bits per heavy atom.